The van der Waals surface area contributed by atoms with Crippen molar-refractivity contribution in [2.75, 3.05) is 6.54 Å². The van der Waals surface area contributed by atoms with Crippen LogP contribution in [0.15, 0.2) is 18.2 Å². The molecular weight excluding hydrogens is 437 g/mol. The fourth-order valence-corrected chi connectivity index (χ4v) is 3.66. The summed E-state index contributed by atoms with van der Waals surface area (Å²) < 4.78 is 15.5. The van der Waals surface area contributed by atoms with Crippen molar-refractivity contribution in [1.29, 1.82) is 5.26 Å². The summed E-state index contributed by atoms with van der Waals surface area (Å²) in [6.45, 7) is 8.35. The van der Waals surface area contributed by atoms with Gasteiger partial charge in [0.2, 0.25) is 5.91 Å². The van der Waals surface area contributed by atoms with Crippen molar-refractivity contribution in [3.63, 3.8) is 0 Å². The van der Waals surface area contributed by atoms with Crippen molar-refractivity contribution >= 4 is 29.0 Å². The van der Waals surface area contributed by atoms with E-state index < -0.39 is 23.2 Å². The first kappa shape index (κ1) is 27.0. The van der Waals surface area contributed by atoms with Crippen LogP contribution in [0.4, 0.5) is 4.39 Å². The fraction of sp³-hybridized carbons (Fsp3) is 0.560. The number of aldehydes is 1. The van der Waals surface area contributed by atoms with Gasteiger partial charge < -0.3 is 15.4 Å². The summed E-state index contributed by atoms with van der Waals surface area (Å²) in [6, 6.07) is 5.38. The van der Waals surface area contributed by atoms with Crippen LogP contribution in [0, 0.1) is 28.5 Å². The van der Waals surface area contributed by atoms with Gasteiger partial charge in [0, 0.05) is 31.3 Å². The summed E-state index contributed by atoms with van der Waals surface area (Å²) in [5.41, 5.74) is 0.0349. The molecule has 2 rings (SSSR count). The summed E-state index contributed by atoms with van der Waals surface area (Å²) >= 11 is 0. The second-order valence-electron chi connectivity index (χ2n) is 9.72. The zero-order chi connectivity index (χ0) is 25.3. The molecule has 184 valence electrons. The Bertz CT molecular complexity index is 1050. The zero-order valence-corrected chi connectivity index (χ0v) is 20.4. The Labute approximate surface area is 199 Å². The lowest BCUT2D eigenvalue weighted by Gasteiger charge is -2.30. The van der Waals surface area contributed by atoms with Crippen molar-refractivity contribution in [1.82, 2.24) is 20.4 Å². The zero-order valence-electron chi connectivity index (χ0n) is 20.4. The Morgan fingerprint density at radius 1 is 1.29 bits per heavy atom. The molecule has 0 aliphatic carbocycles. The number of fused-ring (bicyclic) bond motifs is 1. The van der Waals surface area contributed by atoms with E-state index in [4.69, 9.17) is 5.26 Å². The number of unbranched alkanes of at least 4 members (excludes halogenated alkanes) is 2. The van der Waals surface area contributed by atoms with Crippen LogP contribution in [0.1, 0.15) is 70.3 Å². The van der Waals surface area contributed by atoms with Crippen LogP contribution < -0.4 is 10.6 Å². The van der Waals surface area contributed by atoms with Crippen LogP contribution in [-0.2, 0) is 16.1 Å². The topological polar surface area (TPSA) is 117 Å². The van der Waals surface area contributed by atoms with E-state index in [2.05, 4.69) is 21.8 Å². The van der Waals surface area contributed by atoms with Crippen molar-refractivity contribution in [2.45, 2.75) is 72.4 Å². The van der Waals surface area contributed by atoms with E-state index in [0.29, 0.717) is 56.1 Å². The van der Waals surface area contributed by atoms with Gasteiger partial charge in [0.05, 0.1) is 11.6 Å². The Kier molecular flexibility index (Phi) is 9.72. The third-order valence-electron chi connectivity index (χ3n) is 5.64. The number of nitriles is 1. The standard InChI is InChI=1S/C25H34FN5O3/c1-17(9-8-14-32)16-28-24(34)22(25(2,3)4)29-23(33)21-19-11-10-18(26)15-20(19)31(30-21)13-7-5-6-12-27/h10-11,14-15,17,22H,5-9,13,16H2,1-4H3,(H,28,34)(H,29,33). The molecule has 9 heteroatoms. The summed E-state index contributed by atoms with van der Waals surface area (Å²) in [7, 11) is 0. The molecule has 0 aliphatic rings. The van der Waals surface area contributed by atoms with Gasteiger partial charge in [-0.1, -0.05) is 27.7 Å². The predicted octanol–water partition coefficient (Wildman–Crippen LogP) is 3.75. The second-order valence-corrected chi connectivity index (χ2v) is 9.72. The molecule has 1 aromatic heterocycles. The molecule has 8 nitrogen and oxygen atoms in total. The molecule has 2 N–H and O–H groups in total. The normalized spacial score (nSPS) is 13.2. The number of hydrogen-bond donors (Lipinski definition) is 2. The quantitative estimate of drug-likeness (QED) is 0.361. The molecule has 0 spiro atoms. The first-order valence-electron chi connectivity index (χ1n) is 11.6. The third-order valence-corrected chi connectivity index (χ3v) is 5.64. The van der Waals surface area contributed by atoms with Gasteiger partial charge in [0.1, 0.15) is 18.1 Å². The minimum atomic E-state index is -0.824. The summed E-state index contributed by atoms with van der Waals surface area (Å²) in [5.74, 6) is -1.14. The number of carbonyl (C=O) groups excluding carboxylic acids is 3. The van der Waals surface area contributed by atoms with Crippen LogP contribution in [0.3, 0.4) is 0 Å². The van der Waals surface area contributed by atoms with Gasteiger partial charge in [0.25, 0.3) is 5.91 Å². The number of carbonyl (C=O) groups is 3. The molecule has 2 aromatic rings. The monoisotopic (exact) mass is 471 g/mol. The van der Waals surface area contributed by atoms with E-state index in [1.54, 1.807) is 4.68 Å². The van der Waals surface area contributed by atoms with E-state index in [0.717, 1.165) is 6.29 Å². The largest absolute Gasteiger partial charge is 0.354 e. The van der Waals surface area contributed by atoms with Crippen molar-refractivity contribution in [3.05, 3.63) is 29.7 Å². The summed E-state index contributed by atoms with van der Waals surface area (Å²) in [4.78, 5) is 36.8. The Morgan fingerprint density at radius 3 is 2.68 bits per heavy atom. The average Bonchev–Trinajstić information content (AvgIpc) is 3.14. The van der Waals surface area contributed by atoms with Crippen molar-refractivity contribution in [3.8, 4) is 6.07 Å². The van der Waals surface area contributed by atoms with Crippen LogP contribution in [0.2, 0.25) is 0 Å². The molecule has 0 radical (unpaired) electrons. The van der Waals surface area contributed by atoms with E-state index in [1.165, 1.54) is 18.2 Å². The number of benzene rings is 1. The predicted molar refractivity (Wildman–Crippen MR) is 127 cm³/mol. The van der Waals surface area contributed by atoms with Crippen molar-refractivity contribution in [2.24, 2.45) is 11.3 Å². The summed E-state index contributed by atoms with van der Waals surface area (Å²) in [5, 5.41) is 19.3. The van der Waals surface area contributed by atoms with Gasteiger partial charge in [0.15, 0.2) is 5.69 Å². The highest BCUT2D eigenvalue weighted by atomic mass is 19.1. The molecule has 2 amide bonds. The van der Waals surface area contributed by atoms with Crippen LogP contribution in [0.25, 0.3) is 10.9 Å². The minimum absolute atomic E-state index is 0.122. The van der Waals surface area contributed by atoms with Gasteiger partial charge >= 0.3 is 0 Å². The lowest BCUT2D eigenvalue weighted by molar-refractivity contribution is -0.125. The maximum atomic E-state index is 13.9. The van der Waals surface area contributed by atoms with E-state index in [1.807, 2.05) is 27.7 Å². The number of hydrogen-bond acceptors (Lipinski definition) is 5. The van der Waals surface area contributed by atoms with Gasteiger partial charge in [-0.2, -0.15) is 10.4 Å². The third kappa shape index (κ3) is 7.37. The summed E-state index contributed by atoms with van der Waals surface area (Å²) in [6.07, 6.45) is 3.71. The van der Waals surface area contributed by atoms with Crippen LogP contribution >= 0.6 is 0 Å². The van der Waals surface area contributed by atoms with E-state index in [-0.39, 0.29) is 17.5 Å². The highest BCUT2D eigenvalue weighted by Gasteiger charge is 2.34. The van der Waals surface area contributed by atoms with Crippen LogP contribution in [-0.4, -0.2) is 40.5 Å². The molecule has 1 aromatic carbocycles. The van der Waals surface area contributed by atoms with Gasteiger partial charge in [-0.15, -0.1) is 0 Å². The first-order chi connectivity index (χ1) is 16.1. The molecule has 2 unspecified atom stereocenters. The lowest BCUT2D eigenvalue weighted by atomic mass is 9.85. The Hall–Kier alpha value is -3.28. The van der Waals surface area contributed by atoms with Gasteiger partial charge in [-0.05, 0) is 48.8 Å². The molecule has 1 heterocycles. The molecular formula is C25H34FN5O3. The van der Waals surface area contributed by atoms with Gasteiger partial charge in [-0.3, -0.25) is 14.3 Å². The van der Waals surface area contributed by atoms with Crippen LogP contribution in [0.5, 0.6) is 0 Å². The number of aromatic nitrogens is 2. The molecule has 0 aliphatic heterocycles. The van der Waals surface area contributed by atoms with Crippen molar-refractivity contribution < 1.29 is 18.8 Å². The maximum Gasteiger partial charge on any atom is 0.273 e. The minimum Gasteiger partial charge on any atom is -0.354 e. The number of halogens is 1. The molecule has 0 bridgehead atoms. The number of aryl methyl sites for hydroxylation is 1. The number of amides is 2. The molecule has 0 saturated heterocycles. The number of rotatable bonds is 12. The van der Waals surface area contributed by atoms with E-state index in [9.17, 15) is 18.8 Å². The molecule has 2 atom stereocenters. The highest BCUT2D eigenvalue weighted by molar-refractivity contribution is 6.06. The SMILES string of the molecule is CC(CCC=O)CNC(=O)C(NC(=O)c1nn(CCCCC#N)c2cc(F)ccc12)C(C)(C)C. The fourth-order valence-electron chi connectivity index (χ4n) is 3.66. The molecule has 34 heavy (non-hydrogen) atoms. The second kappa shape index (κ2) is 12.3. The maximum absolute atomic E-state index is 13.9. The highest BCUT2D eigenvalue weighted by Crippen LogP contribution is 2.23. The average molecular weight is 472 g/mol. The first-order valence-corrected chi connectivity index (χ1v) is 11.6. The Balaban J connectivity index is 2.23. The smallest absolute Gasteiger partial charge is 0.273 e. The number of nitrogens with zero attached hydrogens (tertiary/aromatic N) is 3. The van der Waals surface area contributed by atoms with E-state index >= 15 is 0 Å². The lowest BCUT2D eigenvalue weighted by Crippen LogP contribution is -2.54. The molecule has 0 saturated carbocycles. The molecule has 0 fully saturated rings. The number of nitrogens with one attached hydrogen (secondary N) is 2. The van der Waals surface area contributed by atoms with Gasteiger partial charge in [-0.25, -0.2) is 4.39 Å². The Morgan fingerprint density at radius 2 is 2.03 bits per heavy atom.